The van der Waals surface area contributed by atoms with Crippen molar-refractivity contribution in [2.45, 2.75) is 33.1 Å². The van der Waals surface area contributed by atoms with Gasteiger partial charge in [-0.3, -0.25) is 0 Å². The fourth-order valence-corrected chi connectivity index (χ4v) is 1.16. The average molecular weight is 146 g/mol. The van der Waals surface area contributed by atoms with Crippen molar-refractivity contribution in [2.24, 2.45) is 5.41 Å². The Labute approximate surface area is 62.9 Å². The summed E-state index contributed by atoms with van der Waals surface area (Å²) in [6.45, 7) is 4.45. The number of hydrogen-bond donors (Lipinski definition) is 2. The molecule has 0 saturated heterocycles. The molecule has 2 N–H and O–H groups in total. The van der Waals surface area contributed by atoms with E-state index in [1.165, 1.54) is 0 Å². The van der Waals surface area contributed by atoms with Crippen LogP contribution in [-0.2, 0) is 0 Å². The molecule has 62 valence electrons. The third-order valence-electron chi connectivity index (χ3n) is 1.95. The van der Waals surface area contributed by atoms with Gasteiger partial charge in [-0.1, -0.05) is 20.3 Å². The number of hydrogen-bond acceptors (Lipinski definition) is 2. The normalized spacial score (nSPS) is 16.8. The molecule has 10 heavy (non-hydrogen) atoms. The van der Waals surface area contributed by atoms with E-state index in [2.05, 4.69) is 6.92 Å². The minimum absolute atomic E-state index is 0.0521. The van der Waals surface area contributed by atoms with Crippen molar-refractivity contribution >= 4 is 0 Å². The Morgan fingerprint density at radius 1 is 1.20 bits per heavy atom. The van der Waals surface area contributed by atoms with E-state index in [4.69, 9.17) is 10.2 Å². The quantitative estimate of drug-likeness (QED) is 0.611. The lowest BCUT2D eigenvalue weighted by atomic mass is 9.84. The lowest BCUT2D eigenvalue weighted by Crippen LogP contribution is -2.22. The zero-order valence-electron chi connectivity index (χ0n) is 6.93. The van der Waals surface area contributed by atoms with Crippen molar-refractivity contribution < 1.29 is 10.2 Å². The van der Waals surface area contributed by atoms with Gasteiger partial charge in [0.05, 0.1) is 0 Å². The Morgan fingerprint density at radius 2 is 1.80 bits per heavy atom. The van der Waals surface area contributed by atoms with E-state index in [1.54, 1.807) is 0 Å². The predicted octanol–water partition coefficient (Wildman–Crippen LogP) is 1.17. The first-order valence-electron chi connectivity index (χ1n) is 3.90. The second-order valence-electron chi connectivity index (χ2n) is 3.19. The Bertz CT molecular complexity index is 75.3. The molecule has 1 unspecified atom stereocenters. The van der Waals surface area contributed by atoms with Crippen LogP contribution in [0.15, 0.2) is 0 Å². The molecule has 0 radical (unpaired) electrons. The van der Waals surface area contributed by atoms with E-state index in [9.17, 15) is 0 Å². The highest BCUT2D eigenvalue weighted by molar-refractivity contribution is 4.71. The van der Waals surface area contributed by atoms with Crippen LogP contribution in [0.2, 0.25) is 0 Å². The van der Waals surface area contributed by atoms with Crippen molar-refractivity contribution in [3.63, 3.8) is 0 Å². The van der Waals surface area contributed by atoms with E-state index in [1.807, 2.05) is 6.92 Å². The van der Waals surface area contributed by atoms with Crippen molar-refractivity contribution in [3.8, 4) is 0 Å². The molecule has 0 saturated carbocycles. The van der Waals surface area contributed by atoms with Gasteiger partial charge in [-0.05, 0) is 18.3 Å². The molecule has 2 heteroatoms. The molecular formula is C8H18O2. The summed E-state index contributed by atoms with van der Waals surface area (Å²) in [5.41, 5.74) is -0.0521. The van der Waals surface area contributed by atoms with Crippen LogP contribution >= 0.6 is 0 Å². The fourth-order valence-electron chi connectivity index (χ4n) is 1.16. The van der Waals surface area contributed by atoms with Crippen LogP contribution < -0.4 is 0 Å². The molecule has 0 aromatic carbocycles. The van der Waals surface area contributed by atoms with Gasteiger partial charge in [0.1, 0.15) is 0 Å². The molecule has 0 aliphatic carbocycles. The highest BCUT2D eigenvalue weighted by Crippen LogP contribution is 2.25. The summed E-state index contributed by atoms with van der Waals surface area (Å²) in [6.07, 6.45) is 2.76. The van der Waals surface area contributed by atoms with Crippen LogP contribution in [-0.4, -0.2) is 23.4 Å². The molecule has 0 bridgehead atoms. The van der Waals surface area contributed by atoms with Crippen LogP contribution in [0.1, 0.15) is 33.1 Å². The molecule has 0 rings (SSSR count). The van der Waals surface area contributed by atoms with Crippen molar-refractivity contribution in [3.05, 3.63) is 0 Å². The van der Waals surface area contributed by atoms with Crippen LogP contribution in [0.3, 0.4) is 0 Å². The first kappa shape index (κ1) is 9.92. The van der Waals surface area contributed by atoms with E-state index < -0.39 is 0 Å². The predicted molar refractivity (Wildman–Crippen MR) is 41.8 cm³/mol. The van der Waals surface area contributed by atoms with Gasteiger partial charge in [-0.2, -0.15) is 0 Å². The monoisotopic (exact) mass is 146 g/mol. The summed E-state index contributed by atoms with van der Waals surface area (Å²) >= 11 is 0. The lowest BCUT2D eigenvalue weighted by Gasteiger charge is -2.25. The van der Waals surface area contributed by atoms with Crippen LogP contribution in [0.25, 0.3) is 0 Å². The van der Waals surface area contributed by atoms with Gasteiger partial charge >= 0.3 is 0 Å². The topological polar surface area (TPSA) is 40.5 Å². The molecule has 0 aliphatic rings. The zero-order valence-corrected chi connectivity index (χ0v) is 6.93. The van der Waals surface area contributed by atoms with Gasteiger partial charge in [-0.25, -0.2) is 0 Å². The largest absolute Gasteiger partial charge is 0.396 e. The van der Waals surface area contributed by atoms with E-state index in [0.29, 0.717) is 6.42 Å². The van der Waals surface area contributed by atoms with Crippen molar-refractivity contribution in [2.75, 3.05) is 13.2 Å². The third kappa shape index (κ3) is 3.18. The number of aliphatic hydroxyl groups excluding tert-OH is 2. The van der Waals surface area contributed by atoms with Gasteiger partial charge in [0.25, 0.3) is 0 Å². The van der Waals surface area contributed by atoms with Crippen LogP contribution in [0, 0.1) is 5.41 Å². The smallest absolute Gasteiger partial charge is 0.0485 e. The summed E-state index contributed by atoms with van der Waals surface area (Å²) in [7, 11) is 0. The highest BCUT2D eigenvalue weighted by Gasteiger charge is 2.20. The van der Waals surface area contributed by atoms with Gasteiger partial charge in [-0.15, -0.1) is 0 Å². The zero-order chi connectivity index (χ0) is 8.04. The number of aliphatic hydroxyl groups is 2. The van der Waals surface area contributed by atoms with E-state index in [-0.39, 0.29) is 18.6 Å². The summed E-state index contributed by atoms with van der Waals surface area (Å²) < 4.78 is 0. The van der Waals surface area contributed by atoms with Gasteiger partial charge in [0.2, 0.25) is 0 Å². The highest BCUT2D eigenvalue weighted by atomic mass is 16.3. The molecule has 1 atom stereocenters. The Balaban J connectivity index is 3.69. The molecule has 0 aliphatic heterocycles. The Morgan fingerprint density at radius 3 is 2.10 bits per heavy atom. The lowest BCUT2D eigenvalue weighted by molar-refractivity contribution is 0.0975. The standard InChI is InChI=1S/C8H18O2/c1-3-4-8(2,7-10)5-6-9/h9-10H,3-7H2,1-2H3. The minimum Gasteiger partial charge on any atom is -0.396 e. The SMILES string of the molecule is CCCC(C)(CO)CCO. The second kappa shape index (κ2) is 4.69. The molecule has 0 aromatic rings. The van der Waals surface area contributed by atoms with Crippen molar-refractivity contribution in [1.29, 1.82) is 0 Å². The fraction of sp³-hybridized carbons (Fsp3) is 1.00. The van der Waals surface area contributed by atoms with E-state index >= 15 is 0 Å². The van der Waals surface area contributed by atoms with Crippen molar-refractivity contribution in [1.82, 2.24) is 0 Å². The summed E-state index contributed by atoms with van der Waals surface area (Å²) in [6, 6.07) is 0. The van der Waals surface area contributed by atoms with Crippen LogP contribution in [0.4, 0.5) is 0 Å². The van der Waals surface area contributed by atoms with Crippen LogP contribution in [0.5, 0.6) is 0 Å². The van der Waals surface area contributed by atoms with Gasteiger partial charge in [0.15, 0.2) is 0 Å². The average Bonchev–Trinajstić information content (AvgIpc) is 1.89. The Hall–Kier alpha value is -0.0800. The molecule has 0 aromatic heterocycles. The van der Waals surface area contributed by atoms with E-state index in [0.717, 1.165) is 12.8 Å². The van der Waals surface area contributed by atoms with Gasteiger partial charge < -0.3 is 10.2 Å². The summed E-state index contributed by atoms with van der Waals surface area (Å²) in [5, 5.41) is 17.6. The summed E-state index contributed by atoms with van der Waals surface area (Å²) in [5.74, 6) is 0. The summed E-state index contributed by atoms with van der Waals surface area (Å²) in [4.78, 5) is 0. The molecular weight excluding hydrogens is 128 g/mol. The first-order chi connectivity index (χ1) is 4.68. The molecule has 0 heterocycles. The van der Waals surface area contributed by atoms with Gasteiger partial charge in [0, 0.05) is 13.2 Å². The third-order valence-corrected chi connectivity index (χ3v) is 1.95. The minimum atomic E-state index is -0.0521. The Kier molecular flexibility index (Phi) is 4.65. The molecule has 0 spiro atoms. The maximum atomic E-state index is 8.94. The molecule has 2 nitrogen and oxygen atoms in total. The number of rotatable bonds is 5. The molecule has 0 amide bonds. The maximum Gasteiger partial charge on any atom is 0.0485 e. The maximum absolute atomic E-state index is 8.94. The second-order valence-corrected chi connectivity index (χ2v) is 3.19. The first-order valence-corrected chi connectivity index (χ1v) is 3.90. The molecule has 0 fully saturated rings.